The molecule has 0 aliphatic heterocycles. The van der Waals surface area contributed by atoms with E-state index < -0.39 is 18.8 Å². The summed E-state index contributed by atoms with van der Waals surface area (Å²) in [5, 5.41) is 0. The molecule has 0 atom stereocenters. The number of amides is 1. The Morgan fingerprint density at radius 2 is 2.14 bits per heavy atom. The molecule has 0 unspecified atom stereocenters. The number of hydrogen-bond donors (Lipinski definition) is 1. The number of nitrogens with two attached hydrogens (primary N) is 1. The molecule has 0 saturated heterocycles. The quantitative estimate of drug-likeness (QED) is 0.538. The summed E-state index contributed by atoms with van der Waals surface area (Å²) in [5.41, 5.74) is 4.37. The molecule has 0 heterocycles. The van der Waals surface area contributed by atoms with Crippen LogP contribution in [0.25, 0.3) is 0 Å². The fourth-order valence-electron chi connectivity index (χ4n) is 0.152. The minimum atomic E-state index is -2.60. The predicted molar refractivity (Wildman–Crippen MR) is 19.8 cm³/mol. The Balaban J connectivity index is 3.13. The van der Waals surface area contributed by atoms with Crippen molar-refractivity contribution in [2.24, 2.45) is 5.73 Å². The van der Waals surface area contributed by atoms with Gasteiger partial charge in [-0.1, -0.05) is 0 Å². The van der Waals surface area contributed by atoms with Crippen molar-refractivity contribution in [3.63, 3.8) is 0 Å². The van der Waals surface area contributed by atoms with Crippen LogP contribution in [-0.4, -0.2) is 12.3 Å². The Labute approximate surface area is 39.3 Å². The fourth-order valence-corrected chi connectivity index (χ4v) is 0.152. The first-order valence-electron chi connectivity index (χ1n) is 1.69. The van der Waals surface area contributed by atoms with Gasteiger partial charge in [-0.25, -0.2) is 8.78 Å². The molecule has 0 aromatic carbocycles. The maximum atomic E-state index is 11.0. The summed E-state index contributed by atoms with van der Waals surface area (Å²) in [6, 6.07) is 0. The molecule has 42 valence electrons. The van der Waals surface area contributed by atoms with E-state index in [1.807, 2.05) is 0 Å². The van der Waals surface area contributed by atoms with Crippen molar-refractivity contribution in [3.8, 4) is 0 Å². The average Bonchev–Trinajstić information content (AvgIpc) is 1.27. The Bertz CT molecular complexity index is 73.3. The van der Waals surface area contributed by atoms with Crippen LogP contribution in [0.2, 0.25) is 0 Å². The van der Waals surface area contributed by atoms with Gasteiger partial charge in [-0.15, -0.1) is 0 Å². The van der Waals surface area contributed by atoms with Crippen molar-refractivity contribution in [3.05, 3.63) is 0 Å². The molecule has 0 saturated carbocycles. The lowest BCUT2D eigenvalue weighted by atomic mass is 10.4. The molecule has 0 fully saturated rings. The molecule has 0 spiro atoms. The topological polar surface area (TPSA) is 43.1 Å². The largest absolute Gasteiger partial charge is 0.369 e. The van der Waals surface area contributed by atoms with Gasteiger partial charge in [0.15, 0.2) is 0 Å². The molecule has 7 heavy (non-hydrogen) atoms. The lowest BCUT2D eigenvalue weighted by Gasteiger charge is -1.88. The second-order valence-electron chi connectivity index (χ2n) is 1.06. The highest BCUT2D eigenvalue weighted by Crippen LogP contribution is 1.95. The molecule has 1 amide bonds. The number of carbonyl (C=O) groups is 1. The van der Waals surface area contributed by atoms with Crippen LogP contribution in [0.1, 0.15) is 6.42 Å². The van der Waals surface area contributed by atoms with Crippen molar-refractivity contribution in [1.82, 2.24) is 0 Å². The van der Waals surface area contributed by atoms with E-state index in [1.54, 1.807) is 0 Å². The van der Waals surface area contributed by atoms with Crippen molar-refractivity contribution < 1.29 is 13.6 Å². The molecule has 0 radical (unpaired) electrons. The van der Waals surface area contributed by atoms with Crippen molar-refractivity contribution in [2.45, 2.75) is 12.8 Å². The highest BCUT2D eigenvalue weighted by Gasteiger charge is 2.04. The van der Waals surface area contributed by atoms with Gasteiger partial charge in [-0.05, 0) is 0 Å². The fraction of sp³-hybridized carbons (Fsp3) is 0.667. The zero-order chi connectivity index (χ0) is 5.86. The standard InChI is InChI=1S/C3H5F2NO/c4-2(5)1-3(6)7/h2H,1H2,(H2,6,7). The van der Waals surface area contributed by atoms with Crippen LogP contribution in [0.5, 0.6) is 0 Å². The van der Waals surface area contributed by atoms with Gasteiger partial charge in [0.2, 0.25) is 12.3 Å². The van der Waals surface area contributed by atoms with Gasteiger partial charge < -0.3 is 5.73 Å². The highest BCUT2D eigenvalue weighted by atomic mass is 19.3. The van der Waals surface area contributed by atoms with Crippen molar-refractivity contribution >= 4 is 5.91 Å². The summed E-state index contributed by atoms with van der Waals surface area (Å²) >= 11 is 0. The summed E-state index contributed by atoms with van der Waals surface area (Å²) in [4.78, 5) is 9.55. The highest BCUT2D eigenvalue weighted by molar-refractivity contribution is 5.73. The van der Waals surface area contributed by atoms with E-state index in [1.165, 1.54) is 0 Å². The lowest BCUT2D eigenvalue weighted by molar-refractivity contribution is -0.120. The molecule has 0 aromatic heterocycles. The molecule has 2 N–H and O–H groups in total. The number of carbonyl (C=O) groups excluding carboxylic acids is 1. The van der Waals surface area contributed by atoms with Gasteiger partial charge in [0.25, 0.3) is 0 Å². The zero-order valence-corrected chi connectivity index (χ0v) is 3.53. The minimum Gasteiger partial charge on any atom is -0.369 e. The second-order valence-corrected chi connectivity index (χ2v) is 1.06. The third-order valence-electron chi connectivity index (χ3n) is 0.355. The SMILES string of the molecule is NC(=O)CC(F)F. The Morgan fingerprint density at radius 3 is 2.14 bits per heavy atom. The van der Waals surface area contributed by atoms with E-state index in [-0.39, 0.29) is 0 Å². The van der Waals surface area contributed by atoms with E-state index in [0.29, 0.717) is 0 Å². The summed E-state index contributed by atoms with van der Waals surface area (Å²) in [7, 11) is 0. The smallest absolute Gasteiger partial charge is 0.247 e. The monoisotopic (exact) mass is 109 g/mol. The number of rotatable bonds is 2. The van der Waals surface area contributed by atoms with Crippen LogP contribution in [0.3, 0.4) is 0 Å². The van der Waals surface area contributed by atoms with Gasteiger partial charge in [-0.2, -0.15) is 0 Å². The van der Waals surface area contributed by atoms with E-state index >= 15 is 0 Å². The van der Waals surface area contributed by atoms with E-state index in [4.69, 9.17) is 0 Å². The summed E-state index contributed by atoms with van der Waals surface area (Å²) < 4.78 is 22.0. The lowest BCUT2D eigenvalue weighted by Crippen LogP contribution is -2.13. The third kappa shape index (κ3) is 5.33. The van der Waals surface area contributed by atoms with Crippen LogP contribution in [0.4, 0.5) is 8.78 Å². The molecular formula is C3H5F2NO. The first-order valence-corrected chi connectivity index (χ1v) is 1.69. The summed E-state index contributed by atoms with van der Waals surface area (Å²) in [6.07, 6.45) is -3.43. The molecule has 0 bridgehead atoms. The van der Waals surface area contributed by atoms with Crippen LogP contribution in [-0.2, 0) is 4.79 Å². The Kier molecular flexibility index (Phi) is 2.26. The average molecular weight is 109 g/mol. The van der Waals surface area contributed by atoms with Gasteiger partial charge in [0, 0.05) is 0 Å². The number of halogens is 2. The van der Waals surface area contributed by atoms with Crippen LogP contribution >= 0.6 is 0 Å². The minimum absolute atomic E-state index is 0.833. The Morgan fingerprint density at radius 1 is 1.71 bits per heavy atom. The van der Waals surface area contributed by atoms with Gasteiger partial charge in [0.05, 0.1) is 6.42 Å². The molecule has 0 rings (SSSR count). The van der Waals surface area contributed by atoms with E-state index in [0.717, 1.165) is 0 Å². The summed E-state index contributed by atoms with van der Waals surface area (Å²) in [5.74, 6) is -0.963. The molecule has 0 aromatic rings. The van der Waals surface area contributed by atoms with Crippen molar-refractivity contribution in [2.75, 3.05) is 0 Å². The van der Waals surface area contributed by atoms with E-state index in [9.17, 15) is 13.6 Å². The van der Waals surface area contributed by atoms with Gasteiger partial charge >= 0.3 is 0 Å². The zero-order valence-electron chi connectivity index (χ0n) is 3.53. The normalized spacial score (nSPS) is 9.57. The Hall–Kier alpha value is -0.670. The van der Waals surface area contributed by atoms with Crippen LogP contribution in [0, 0.1) is 0 Å². The number of alkyl halides is 2. The molecule has 0 aliphatic rings. The number of hydrogen-bond acceptors (Lipinski definition) is 1. The first kappa shape index (κ1) is 6.33. The van der Waals surface area contributed by atoms with Gasteiger partial charge in [-0.3, -0.25) is 4.79 Å². The van der Waals surface area contributed by atoms with Gasteiger partial charge in [0.1, 0.15) is 0 Å². The first-order chi connectivity index (χ1) is 3.13. The van der Waals surface area contributed by atoms with Crippen LogP contribution < -0.4 is 5.73 Å². The van der Waals surface area contributed by atoms with Crippen molar-refractivity contribution in [1.29, 1.82) is 0 Å². The molecule has 4 heteroatoms. The molecule has 2 nitrogen and oxygen atoms in total. The van der Waals surface area contributed by atoms with Crippen LogP contribution in [0.15, 0.2) is 0 Å². The maximum absolute atomic E-state index is 11.0. The third-order valence-corrected chi connectivity index (χ3v) is 0.355. The summed E-state index contributed by atoms with van der Waals surface area (Å²) in [6.45, 7) is 0. The van der Waals surface area contributed by atoms with E-state index in [2.05, 4.69) is 5.73 Å². The maximum Gasteiger partial charge on any atom is 0.247 e. The predicted octanol–water partition coefficient (Wildman–Crippen LogP) is 0.127. The second kappa shape index (κ2) is 2.49. The molecular weight excluding hydrogens is 104 g/mol. The number of primary amides is 1. The molecule has 0 aliphatic carbocycles.